The zero-order valence-corrected chi connectivity index (χ0v) is 9.61. The van der Waals surface area contributed by atoms with Crippen LogP contribution < -0.4 is 5.32 Å². The molecular weight excluding hydrogens is 202 g/mol. The van der Waals surface area contributed by atoms with Gasteiger partial charge in [-0.15, -0.1) is 0 Å². The molecule has 1 saturated carbocycles. The quantitative estimate of drug-likeness (QED) is 0.771. The van der Waals surface area contributed by atoms with E-state index in [1.165, 1.54) is 6.42 Å². The summed E-state index contributed by atoms with van der Waals surface area (Å²) in [5.41, 5.74) is 0. The lowest BCUT2D eigenvalue weighted by molar-refractivity contribution is -0.132. The second-order valence-electron chi connectivity index (χ2n) is 4.77. The zero-order valence-electron chi connectivity index (χ0n) is 9.61. The second-order valence-corrected chi connectivity index (χ2v) is 4.77. The topological polar surface area (TPSA) is 56.1 Å². The normalized spacial score (nSPS) is 22.6. The zero-order chi connectivity index (χ0) is 11.4. The fraction of sp³-hybridized carbons (Fsp3) is 0.833. The molecule has 4 heteroatoms. The highest BCUT2D eigenvalue weighted by Gasteiger charge is 2.27. The molecule has 0 radical (unpaired) electrons. The van der Waals surface area contributed by atoms with Crippen molar-refractivity contribution in [2.75, 3.05) is 13.1 Å². The van der Waals surface area contributed by atoms with Gasteiger partial charge in [0.2, 0.25) is 5.91 Å². The summed E-state index contributed by atoms with van der Waals surface area (Å²) in [6.07, 6.45) is 6.09. The largest absolute Gasteiger partial charge is 0.343 e. The lowest BCUT2D eigenvalue weighted by Crippen LogP contribution is -2.40. The van der Waals surface area contributed by atoms with E-state index in [9.17, 15) is 4.79 Å². The number of nitrogens with zero attached hydrogens (tertiary/aromatic N) is 2. The molecule has 0 aromatic carbocycles. The van der Waals surface area contributed by atoms with E-state index in [1.807, 2.05) is 4.90 Å². The van der Waals surface area contributed by atoms with Crippen molar-refractivity contribution >= 4 is 5.91 Å². The number of rotatable bonds is 4. The van der Waals surface area contributed by atoms with Crippen LogP contribution in [0.15, 0.2) is 0 Å². The summed E-state index contributed by atoms with van der Waals surface area (Å²) in [7, 11) is 0. The van der Waals surface area contributed by atoms with Gasteiger partial charge in [-0.3, -0.25) is 10.1 Å². The van der Waals surface area contributed by atoms with E-state index in [0.717, 1.165) is 38.8 Å². The van der Waals surface area contributed by atoms with E-state index in [-0.39, 0.29) is 11.9 Å². The highest BCUT2D eigenvalue weighted by molar-refractivity contribution is 5.77. The molecule has 1 saturated heterocycles. The Labute approximate surface area is 96.6 Å². The molecule has 0 aromatic heterocycles. The Hall–Kier alpha value is -1.08. The summed E-state index contributed by atoms with van der Waals surface area (Å²) in [6, 6.07) is 2.38. The molecule has 1 heterocycles. The van der Waals surface area contributed by atoms with Gasteiger partial charge in [-0.25, -0.2) is 0 Å². The molecule has 0 aromatic rings. The van der Waals surface area contributed by atoms with Crippen molar-refractivity contribution in [3.8, 4) is 6.07 Å². The number of amides is 1. The molecule has 88 valence electrons. The number of piperidine rings is 1. The SMILES string of the molecule is N#CC(CC(=O)N1CCCCC1)NC1CC1. The van der Waals surface area contributed by atoms with E-state index in [1.54, 1.807) is 0 Å². The minimum atomic E-state index is -0.290. The lowest BCUT2D eigenvalue weighted by Gasteiger charge is -2.27. The highest BCUT2D eigenvalue weighted by Crippen LogP contribution is 2.20. The highest BCUT2D eigenvalue weighted by atomic mass is 16.2. The molecule has 2 aliphatic rings. The van der Waals surface area contributed by atoms with Crippen LogP contribution in [-0.4, -0.2) is 36.0 Å². The van der Waals surface area contributed by atoms with E-state index >= 15 is 0 Å². The van der Waals surface area contributed by atoms with Crippen molar-refractivity contribution < 1.29 is 4.79 Å². The number of nitriles is 1. The van der Waals surface area contributed by atoms with Crippen molar-refractivity contribution in [3.63, 3.8) is 0 Å². The van der Waals surface area contributed by atoms with Gasteiger partial charge in [0.25, 0.3) is 0 Å². The van der Waals surface area contributed by atoms with Crippen LogP contribution in [0.3, 0.4) is 0 Å². The first-order valence-electron chi connectivity index (χ1n) is 6.23. The fourth-order valence-electron chi connectivity index (χ4n) is 2.12. The minimum absolute atomic E-state index is 0.138. The van der Waals surface area contributed by atoms with Crippen LogP contribution in [0, 0.1) is 11.3 Å². The Balaban J connectivity index is 1.77. The third kappa shape index (κ3) is 3.21. The second kappa shape index (κ2) is 5.31. The fourth-order valence-corrected chi connectivity index (χ4v) is 2.12. The number of hydrogen-bond donors (Lipinski definition) is 1. The van der Waals surface area contributed by atoms with Crippen LogP contribution in [0.25, 0.3) is 0 Å². The lowest BCUT2D eigenvalue weighted by atomic mass is 10.1. The standard InChI is InChI=1S/C12H19N3O/c13-9-11(14-10-4-5-10)8-12(16)15-6-2-1-3-7-15/h10-11,14H,1-8H2. The average Bonchev–Trinajstić information content (AvgIpc) is 3.13. The summed E-state index contributed by atoms with van der Waals surface area (Å²) < 4.78 is 0. The van der Waals surface area contributed by atoms with Gasteiger partial charge in [0.15, 0.2) is 0 Å². The number of carbonyl (C=O) groups is 1. The molecule has 2 rings (SSSR count). The van der Waals surface area contributed by atoms with Gasteiger partial charge in [0, 0.05) is 19.1 Å². The van der Waals surface area contributed by atoms with Crippen LogP contribution >= 0.6 is 0 Å². The third-order valence-electron chi connectivity index (χ3n) is 3.26. The summed E-state index contributed by atoms with van der Waals surface area (Å²) in [5, 5.41) is 12.2. The first kappa shape index (κ1) is 11.4. The molecule has 1 aliphatic heterocycles. The van der Waals surface area contributed by atoms with E-state index < -0.39 is 0 Å². The Morgan fingerprint density at radius 2 is 2.06 bits per heavy atom. The first-order valence-corrected chi connectivity index (χ1v) is 6.23. The number of nitrogens with one attached hydrogen (secondary N) is 1. The van der Waals surface area contributed by atoms with Gasteiger partial charge in [0.05, 0.1) is 12.5 Å². The molecule has 0 bridgehead atoms. The predicted octanol–water partition coefficient (Wildman–Crippen LogP) is 1.03. The molecule has 1 aliphatic carbocycles. The first-order chi connectivity index (χ1) is 7.79. The van der Waals surface area contributed by atoms with Crippen LogP contribution in [0.4, 0.5) is 0 Å². The number of likely N-dealkylation sites (tertiary alicyclic amines) is 1. The van der Waals surface area contributed by atoms with Crippen molar-refractivity contribution in [1.29, 1.82) is 5.26 Å². The Morgan fingerprint density at radius 3 is 2.62 bits per heavy atom. The smallest absolute Gasteiger partial charge is 0.225 e. The summed E-state index contributed by atoms with van der Waals surface area (Å²) in [6.45, 7) is 1.75. The summed E-state index contributed by atoms with van der Waals surface area (Å²) in [5.74, 6) is 0.138. The van der Waals surface area contributed by atoms with Gasteiger partial charge < -0.3 is 4.90 Å². The molecule has 2 fully saturated rings. The molecule has 16 heavy (non-hydrogen) atoms. The molecule has 1 atom stereocenters. The van der Waals surface area contributed by atoms with Crippen molar-refractivity contribution in [1.82, 2.24) is 10.2 Å². The number of carbonyl (C=O) groups excluding carboxylic acids is 1. The monoisotopic (exact) mass is 221 g/mol. The molecule has 1 amide bonds. The van der Waals surface area contributed by atoms with Gasteiger partial charge in [-0.05, 0) is 32.1 Å². The van der Waals surface area contributed by atoms with E-state index in [2.05, 4.69) is 11.4 Å². The number of hydrogen-bond acceptors (Lipinski definition) is 3. The maximum atomic E-state index is 11.9. The third-order valence-corrected chi connectivity index (χ3v) is 3.26. The Bertz CT molecular complexity index is 287. The average molecular weight is 221 g/mol. The molecule has 0 spiro atoms. The minimum Gasteiger partial charge on any atom is -0.343 e. The van der Waals surface area contributed by atoms with Crippen LogP contribution in [0.5, 0.6) is 0 Å². The van der Waals surface area contributed by atoms with Crippen molar-refractivity contribution in [2.24, 2.45) is 0 Å². The van der Waals surface area contributed by atoms with E-state index in [0.29, 0.717) is 12.5 Å². The maximum absolute atomic E-state index is 11.9. The Morgan fingerprint density at radius 1 is 1.38 bits per heavy atom. The van der Waals surface area contributed by atoms with Crippen LogP contribution in [0.1, 0.15) is 38.5 Å². The molecule has 4 nitrogen and oxygen atoms in total. The summed E-state index contributed by atoms with van der Waals surface area (Å²) in [4.78, 5) is 13.8. The van der Waals surface area contributed by atoms with Crippen molar-refractivity contribution in [3.05, 3.63) is 0 Å². The summed E-state index contributed by atoms with van der Waals surface area (Å²) >= 11 is 0. The van der Waals surface area contributed by atoms with Gasteiger partial charge in [0.1, 0.15) is 6.04 Å². The molecule has 1 N–H and O–H groups in total. The van der Waals surface area contributed by atoms with Crippen molar-refractivity contribution in [2.45, 2.75) is 50.6 Å². The molecular formula is C12H19N3O. The van der Waals surface area contributed by atoms with Gasteiger partial charge >= 0.3 is 0 Å². The maximum Gasteiger partial charge on any atom is 0.225 e. The Kier molecular flexibility index (Phi) is 3.79. The van der Waals surface area contributed by atoms with E-state index in [4.69, 9.17) is 5.26 Å². The van der Waals surface area contributed by atoms with Crippen LogP contribution in [-0.2, 0) is 4.79 Å². The molecule has 1 unspecified atom stereocenters. The van der Waals surface area contributed by atoms with Gasteiger partial charge in [-0.2, -0.15) is 5.26 Å². The van der Waals surface area contributed by atoms with Crippen LogP contribution in [0.2, 0.25) is 0 Å². The van der Waals surface area contributed by atoms with Gasteiger partial charge in [-0.1, -0.05) is 0 Å². The predicted molar refractivity (Wildman–Crippen MR) is 60.6 cm³/mol.